The SMILES string of the molecule is CNS(=O)(=O)NCC(=O)N1CCc2nnc(-c3ccncc3)cc2C1. The van der Waals surface area contributed by atoms with Crippen molar-refractivity contribution in [2.75, 3.05) is 20.1 Å². The van der Waals surface area contributed by atoms with E-state index in [1.54, 1.807) is 17.3 Å². The molecule has 0 saturated heterocycles. The maximum atomic E-state index is 12.3. The molecule has 3 heterocycles. The van der Waals surface area contributed by atoms with E-state index in [4.69, 9.17) is 0 Å². The van der Waals surface area contributed by atoms with Gasteiger partial charge >= 0.3 is 0 Å². The van der Waals surface area contributed by atoms with Crippen LogP contribution in [0, 0.1) is 0 Å². The summed E-state index contributed by atoms with van der Waals surface area (Å²) in [5, 5.41) is 8.49. The van der Waals surface area contributed by atoms with Crippen LogP contribution in [0.1, 0.15) is 11.3 Å². The molecule has 0 aromatic carbocycles. The van der Waals surface area contributed by atoms with Crippen molar-refractivity contribution in [2.45, 2.75) is 13.0 Å². The highest BCUT2D eigenvalue weighted by atomic mass is 32.2. The van der Waals surface area contributed by atoms with Gasteiger partial charge < -0.3 is 4.90 Å². The number of carbonyl (C=O) groups excluding carboxylic acids is 1. The first-order valence-electron chi connectivity index (χ1n) is 7.70. The largest absolute Gasteiger partial charge is 0.337 e. The Morgan fingerprint density at radius 1 is 1.28 bits per heavy atom. The number of carbonyl (C=O) groups is 1. The van der Waals surface area contributed by atoms with Crippen LogP contribution in [0.4, 0.5) is 0 Å². The number of amides is 1. The number of fused-ring (bicyclic) bond motifs is 1. The van der Waals surface area contributed by atoms with Crippen LogP contribution in [0.25, 0.3) is 11.3 Å². The molecule has 132 valence electrons. The maximum Gasteiger partial charge on any atom is 0.277 e. The Morgan fingerprint density at radius 3 is 2.76 bits per heavy atom. The van der Waals surface area contributed by atoms with Gasteiger partial charge in [0.1, 0.15) is 0 Å². The Bertz CT molecular complexity index is 872. The van der Waals surface area contributed by atoms with E-state index in [1.165, 1.54) is 7.05 Å². The fourth-order valence-corrected chi connectivity index (χ4v) is 3.00. The van der Waals surface area contributed by atoms with Gasteiger partial charge in [0.2, 0.25) is 5.91 Å². The number of nitrogens with one attached hydrogen (secondary N) is 2. The fraction of sp³-hybridized carbons (Fsp3) is 0.333. The van der Waals surface area contributed by atoms with Crippen molar-refractivity contribution >= 4 is 16.1 Å². The zero-order valence-corrected chi connectivity index (χ0v) is 14.5. The predicted octanol–water partition coefficient (Wildman–Crippen LogP) is -0.523. The quantitative estimate of drug-likeness (QED) is 0.739. The standard InChI is InChI=1S/C15H18N6O3S/c1-16-25(23,24)18-9-15(22)21-7-4-13-12(10-21)8-14(20-19-13)11-2-5-17-6-3-11/h2-3,5-6,8,16,18H,4,7,9-10H2,1H3. The molecule has 2 aromatic rings. The molecule has 25 heavy (non-hydrogen) atoms. The first-order chi connectivity index (χ1) is 12.0. The molecule has 2 aromatic heterocycles. The summed E-state index contributed by atoms with van der Waals surface area (Å²) in [4.78, 5) is 17.8. The van der Waals surface area contributed by atoms with E-state index in [-0.39, 0.29) is 12.5 Å². The van der Waals surface area contributed by atoms with Gasteiger partial charge in [-0.25, -0.2) is 4.72 Å². The van der Waals surface area contributed by atoms with Gasteiger partial charge in [0.05, 0.1) is 17.9 Å². The van der Waals surface area contributed by atoms with Crippen LogP contribution in [0.2, 0.25) is 0 Å². The normalized spacial score (nSPS) is 14.2. The van der Waals surface area contributed by atoms with Gasteiger partial charge in [-0.2, -0.15) is 23.3 Å². The monoisotopic (exact) mass is 362 g/mol. The van der Waals surface area contributed by atoms with Crippen molar-refractivity contribution in [1.29, 1.82) is 0 Å². The minimum Gasteiger partial charge on any atom is -0.337 e. The van der Waals surface area contributed by atoms with Crippen molar-refractivity contribution in [1.82, 2.24) is 29.5 Å². The summed E-state index contributed by atoms with van der Waals surface area (Å²) >= 11 is 0. The van der Waals surface area contributed by atoms with Crippen LogP contribution in [-0.4, -0.2) is 54.5 Å². The highest BCUT2D eigenvalue weighted by molar-refractivity contribution is 7.87. The van der Waals surface area contributed by atoms with Crippen molar-refractivity contribution in [3.8, 4) is 11.3 Å². The first kappa shape index (κ1) is 17.4. The summed E-state index contributed by atoms with van der Waals surface area (Å²) in [5.41, 5.74) is 3.39. The summed E-state index contributed by atoms with van der Waals surface area (Å²) in [7, 11) is -2.35. The van der Waals surface area contributed by atoms with Crippen LogP contribution in [0.3, 0.4) is 0 Å². The van der Waals surface area contributed by atoms with Crippen LogP contribution in [0.15, 0.2) is 30.6 Å². The molecule has 9 nitrogen and oxygen atoms in total. The lowest BCUT2D eigenvalue weighted by atomic mass is 10.0. The topological polar surface area (TPSA) is 117 Å². The second-order valence-corrected chi connectivity index (χ2v) is 7.24. The Balaban J connectivity index is 1.73. The molecule has 0 fully saturated rings. The summed E-state index contributed by atoms with van der Waals surface area (Å²) < 4.78 is 27.1. The molecule has 2 N–H and O–H groups in total. The summed E-state index contributed by atoms with van der Waals surface area (Å²) in [6, 6.07) is 5.60. The number of rotatable bonds is 5. The van der Waals surface area contributed by atoms with Gasteiger partial charge in [-0.05, 0) is 23.8 Å². The lowest BCUT2D eigenvalue weighted by molar-refractivity contribution is -0.130. The molecule has 10 heteroatoms. The Hall–Kier alpha value is -2.43. The number of nitrogens with zero attached hydrogens (tertiary/aromatic N) is 4. The van der Waals surface area contributed by atoms with Gasteiger partial charge in [-0.1, -0.05) is 0 Å². The van der Waals surface area contributed by atoms with Gasteiger partial charge in [0.15, 0.2) is 0 Å². The minimum absolute atomic E-state index is 0.284. The number of hydrogen-bond donors (Lipinski definition) is 2. The van der Waals surface area contributed by atoms with Crippen molar-refractivity contribution < 1.29 is 13.2 Å². The van der Waals surface area contributed by atoms with Gasteiger partial charge in [-0.15, -0.1) is 0 Å². The van der Waals surface area contributed by atoms with E-state index in [0.717, 1.165) is 16.8 Å². The van der Waals surface area contributed by atoms with E-state index in [2.05, 4.69) is 24.6 Å². The minimum atomic E-state index is -3.63. The molecule has 0 unspecified atom stereocenters. The summed E-state index contributed by atoms with van der Waals surface area (Å²) in [6.07, 6.45) is 3.95. The lowest BCUT2D eigenvalue weighted by Gasteiger charge is -2.28. The van der Waals surface area contributed by atoms with E-state index >= 15 is 0 Å². The third-order valence-electron chi connectivity index (χ3n) is 3.95. The van der Waals surface area contributed by atoms with Crippen LogP contribution in [-0.2, 0) is 28.0 Å². The highest BCUT2D eigenvalue weighted by Gasteiger charge is 2.23. The number of pyridine rings is 1. The molecular formula is C15H18N6O3S. The van der Waals surface area contributed by atoms with E-state index < -0.39 is 10.2 Å². The van der Waals surface area contributed by atoms with Gasteiger partial charge in [0.25, 0.3) is 10.2 Å². The van der Waals surface area contributed by atoms with Crippen LogP contribution in [0.5, 0.6) is 0 Å². The molecule has 1 aliphatic rings. The molecule has 1 aliphatic heterocycles. The summed E-state index contributed by atoms with van der Waals surface area (Å²) in [6.45, 7) is 0.577. The van der Waals surface area contributed by atoms with E-state index in [0.29, 0.717) is 25.2 Å². The molecule has 3 rings (SSSR count). The van der Waals surface area contributed by atoms with Crippen LogP contribution < -0.4 is 9.44 Å². The molecular weight excluding hydrogens is 344 g/mol. The second-order valence-electron chi connectivity index (χ2n) is 5.53. The average Bonchev–Trinajstić information content (AvgIpc) is 2.66. The molecule has 0 radical (unpaired) electrons. The maximum absolute atomic E-state index is 12.3. The van der Waals surface area contributed by atoms with Gasteiger partial charge in [0, 0.05) is 44.5 Å². The zero-order valence-electron chi connectivity index (χ0n) is 13.6. The zero-order chi connectivity index (χ0) is 17.9. The Labute approximate surface area is 145 Å². The third kappa shape index (κ3) is 4.16. The Kier molecular flexibility index (Phi) is 5.02. The molecule has 0 spiro atoms. The Morgan fingerprint density at radius 2 is 2.04 bits per heavy atom. The second kappa shape index (κ2) is 7.21. The molecule has 0 aliphatic carbocycles. The first-order valence-corrected chi connectivity index (χ1v) is 9.18. The van der Waals surface area contributed by atoms with E-state index in [1.807, 2.05) is 18.2 Å². The van der Waals surface area contributed by atoms with Crippen molar-refractivity contribution in [3.05, 3.63) is 41.9 Å². The van der Waals surface area contributed by atoms with E-state index in [9.17, 15) is 13.2 Å². The van der Waals surface area contributed by atoms with Crippen LogP contribution >= 0.6 is 0 Å². The molecule has 0 saturated carbocycles. The summed E-state index contributed by atoms with van der Waals surface area (Å²) in [5.74, 6) is -0.285. The van der Waals surface area contributed by atoms with Crippen molar-refractivity contribution in [3.63, 3.8) is 0 Å². The smallest absolute Gasteiger partial charge is 0.277 e. The predicted molar refractivity (Wildman–Crippen MR) is 90.4 cm³/mol. The van der Waals surface area contributed by atoms with Gasteiger partial charge in [-0.3, -0.25) is 9.78 Å². The average molecular weight is 362 g/mol. The fourth-order valence-electron chi connectivity index (χ4n) is 2.55. The lowest BCUT2D eigenvalue weighted by Crippen LogP contribution is -2.45. The molecule has 0 bridgehead atoms. The number of aromatic nitrogens is 3. The number of hydrogen-bond acceptors (Lipinski definition) is 6. The molecule has 1 amide bonds. The third-order valence-corrected chi connectivity index (χ3v) is 5.01. The van der Waals surface area contributed by atoms with Crippen molar-refractivity contribution in [2.24, 2.45) is 0 Å². The highest BCUT2D eigenvalue weighted by Crippen LogP contribution is 2.22. The molecule has 0 atom stereocenters.